The molecule has 0 heterocycles. The Balaban J connectivity index is 1.46. The third-order valence-corrected chi connectivity index (χ3v) is 4.90. The van der Waals surface area contributed by atoms with Crippen molar-refractivity contribution in [1.82, 2.24) is 0 Å². The second kappa shape index (κ2) is 2.76. The van der Waals surface area contributed by atoms with Gasteiger partial charge in [0, 0.05) is 0 Å². The van der Waals surface area contributed by atoms with Crippen LogP contribution in [0.1, 0.15) is 44.9 Å². The molecule has 0 aromatic carbocycles. The van der Waals surface area contributed by atoms with E-state index in [4.69, 9.17) is 10.0 Å². The van der Waals surface area contributed by atoms with Gasteiger partial charge in [-0.15, -0.1) is 0 Å². The molecule has 2 spiro atoms. The van der Waals surface area contributed by atoms with Crippen molar-refractivity contribution < 1.29 is 10.0 Å². The van der Waals surface area contributed by atoms with Gasteiger partial charge in [-0.25, -0.2) is 0 Å². The standard InChI is InChI=1S/C11H19BO2/c13-12(14)6-9-4-11(5-9)7-10(8-11)2-1-3-10/h9,13-14H,1-8H2. The summed E-state index contributed by atoms with van der Waals surface area (Å²) in [5.74, 6) is 0.604. The molecule has 0 aromatic rings. The van der Waals surface area contributed by atoms with Crippen LogP contribution in [0.2, 0.25) is 6.32 Å². The van der Waals surface area contributed by atoms with E-state index in [0.29, 0.717) is 17.7 Å². The highest BCUT2D eigenvalue weighted by Gasteiger charge is 2.61. The molecule has 0 aromatic heterocycles. The van der Waals surface area contributed by atoms with E-state index in [1.807, 2.05) is 0 Å². The summed E-state index contributed by atoms with van der Waals surface area (Å²) in [6.45, 7) is 0. The van der Waals surface area contributed by atoms with Crippen LogP contribution in [-0.4, -0.2) is 17.2 Å². The Hall–Kier alpha value is -0.0151. The lowest BCUT2D eigenvalue weighted by Crippen LogP contribution is -2.56. The topological polar surface area (TPSA) is 40.5 Å². The maximum atomic E-state index is 8.86. The largest absolute Gasteiger partial charge is 0.451 e. The van der Waals surface area contributed by atoms with Crippen molar-refractivity contribution in [3.8, 4) is 0 Å². The van der Waals surface area contributed by atoms with Crippen LogP contribution in [0.5, 0.6) is 0 Å². The highest BCUT2D eigenvalue weighted by atomic mass is 16.4. The second-order valence-electron chi connectivity index (χ2n) is 6.20. The molecule has 3 aliphatic carbocycles. The van der Waals surface area contributed by atoms with Gasteiger partial charge < -0.3 is 10.0 Å². The van der Waals surface area contributed by atoms with Crippen molar-refractivity contribution in [1.29, 1.82) is 0 Å². The molecule has 3 heteroatoms. The molecule has 3 fully saturated rings. The Kier molecular flexibility index (Phi) is 1.82. The predicted octanol–water partition coefficient (Wildman–Crippen LogP) is 1.82. The zero-order chi connectivity index (χ0) is 9.81. The Morgan fingerprint density at radius 3 is 2.14 bits per heavy atom. The Bertz CT molecular complexity index is 232. The molecule has 3 rings (SSSR count). The molecule has 3 aliphatic rings. The van der Waals surface area contributed by atoms with Crippen LogP contribution >= 0.6 is 0 Å². The third-order valence-electron chi connectivity index (χ3n) is 4.90. The van der Waals surface area contributed by atoms with Gasteiger partial charge in [0.2, 0.25) is 0 Å². The molecular weight excluding hydrogens is 175 g/mol. The fraction of sp³-hybridized carbons (Fsp3) is 1.00. The van der Waals surface area contributed by atoms with E-state index < -0.39 is 7.12 Å². The third kappa shape index (κ3) is 1.25. The first kappa shape index (κ1) is 9.23. The summed E-state index contributed by atoms with van der Waals surface area (Å²) >= 11 is 0. The Morgan fingerprint density at radius 1 is 1.07 bits per heavy atom. The quantitative estimate of drug-likeness (QED) is 0.658. The molecule has 0 atom stereocenters. The lowest BCUT2D eigenvalue weighted by molar-refractivity contribution is -0.159. The minimum atomic E-state index is -1.07. The first-order valence-corrected chi connectivity index (χ1v) is 5.98. The summed E-state index contributed by atoms with van der Waals surface area (Å²) in [5.41, 5.74) is 1.45. The van der Waals surface area contributed by atoms with E-state index in [-0.39, 0.29) is 0 Å². The van der Waals surface area contributed by atoms with Gasteiger partial charge in [0.05, 0.1) is 0 Å². The lowest BCUT2D eigenvalue weighted by atomic mass is 9.37. The second-order valence-corrected chi connectivity index (χ2v) is 6.20. The van der Waals surface area contributed by atoms with E-state index in [1.54, 1.807) is 0 Å². The fourth-order valence-electron chi connectivity index (χ4n) is 4.49. The van der Waals surface area contributed by atoms with E-state index >= 15 is 0 Å². The molecule has 0 bridgehead atoms. The summed E-state index contributed by atoms with van der Waals surface area (Å²) in [6.07, 6.45) is 10.5. The Labute approximate surface area is 85.9 Å². The van der Waals surface area contributed by atoms with Gasteiger partial charge in [-0.3, -0.25) is 0 Å². The molecule has 0 saturated heterocycles. The van der Waals surface area contributed by atoms with Crippen molar-refractivity contribution in [2.75, 3.05) is 0 Å². The number of rotatable bonds is 2. The highest BCUT2D eigenvalue weighted by molar-refractivity contribution is 6.41. The summed E-state index contributed by atoms with van der Waals surface area (Å²) in [5, 5.41) is 17.7. The molecule has 14 heavy (non-hydrogen) atoms. The van der Waals surface area contributed by atoms with Crippen LogP contribution in [0.4, 0.5) is 0 Å². The normalized spacial score (nSPS) is 32.1. The molecule has 3 saturated carbocycles. The number of hydrogen-bond donors (Lipinski definition) is 2. The lowest BCUT2D eigenvalue weighted by Gasteiger charge is -2.67. The van der Waals surface area contributed by atoms with Gasteiger partial charge in [-0.2, -0.15) is 0 Å². The van der Waals surface area contributed by atoms with E-state index in [0.717, 1.165) is 5.41 Å². The zero-order valence-corrected chi connectivity index (χ0v) is 8.71. The van der Waals surface area contributed by atoms with Gasteiger partial charge >= 0.3 is 7.12 Å². The molecular formula is C11H19BO2. The van der Waals surface area contributed by atoms with Gasteiger partial charge in [0.1, 0.15) is 0 Å². The SMILES string of the molecule is OB(O)CC1CC2(C1)CC1(CCC1)C2. The maximum Gasteiger partial charge on any atom is 0.451 e. The highest BCUT2D eigenvalue weighted by Crippen LogP contribution is 2.72. The van der Waals surface area contributed by atoms with Crippen LogP contribution in [0.15, 0.2) is 0 Å². The van der Waals surface area contributed by atoms with E-state index in [1.165, 1.54) is 44.9 Å². The maximum absolute atomic E-state index is 8.86. The molecule has 0 radical (unpaired) electrons. The smallest absolute Gasteiger partial charge is 0.427 e. The summed E-state index contributed by atoms with van der Waals surface area (Å²) in [6, 6.07) is 0. The fourth-order valence-corrected chi connectivity index (χ4v) is 4.49. The van der Waals surface area contributed by atoms with E-state index in [9.17, 15) is 0 Å². The van der Waals surface area contributed by atoms with Crippen molar-refractivity contribution in [2.45, 2.75) is 51.3 Å². The van der Waals surface area contributed by atoms with Crippen LogP contribution in [0.3, 0.4) is 0 Å². The van der Waals surface area contributed by atoms with Crippen LogP contribution in [0.25, 0.3) is 0 Å². The molecule has 2 N–H and O–H groups in total. The van der Waals surface area contributed by atoms with Crippen LogP contribution < -0.4 is 0 Å². The average Bonchev–Trinajstić information content (AvgIpc) is 1.86. The minimum Gasteiger partial charge on any atom is -0.427 e. The van der Waals surface area contributed by atoms with E-state index in [2.05, 4.69) is 0 Å². The van der Waals surface area contributed by atoms with Crippen LogP contribution in [-0.2, 0) is 0 Å². The van der Waals surface area contributed by atoms with Crippen molar-refractivity contribution in [2.24, 2.45) is 16.7 Å². The molecule has 78 valence electrons. The van der Waals surface area contributed by atoms with Crippen LogP contribution in [0, 0.1) is 16.7 Å². The van der Waals surface area contributed by atoms with Crippen molar-refractivity contribution in [3.63, 3.8) is 0 Å². The number of hydrogen-bond acceptors (Lipinski definition) is 2. The van der Waals surface area contributed by atoms with Crippen molar-refractivity contribution in [3.05, 3.63) is 0 Å². The molecule has 2 nitrogen and oxygen atoms in total. The summed E-state index contributed by atoms with van der Waals surface area (Å²) in [4.78, 5) is 0. The van der Waals surface area contributed by atoms with Gasteiger partial charge in [0.25, 0.3) is 0 Å². The Morgan fingerprint density at radius 2 is 1.71 bits per heavy atom. The summed E-state index contributed by atoms with van der Waals surface area (Å²) < 4.78 is 0. The molecule has 0 unspecified atom stereocenters. The first-order valence-electron chi connectivity index (χ1n) is 5.98. The van der Waals surface area contributed by atoms with Crippen molar-refractivity contribution >= 4 is 7.12 Å². The van der Waals surface area contributed by atoms with Gasteiger partial charge in [-0.1, -0.05) is 6.42 Å². The average molecular weight is 194 g/mol. The monoisotopic (exact) mass is 194 g/mol. The van der Waals surface area contributed by atoms with Gasteiger partial charge in [0.15, 0.2) is 0 Å². The zero-order valence-electron chi connectivity index (χ0n) is 8.71. The molecule has 0 amide bonds. The minimum absolute atomic E-state index is 0.604. The first-order chi connectivity index (χ1) is 6.62. The van der Waals surface area contributed by atoms with Gasteiger partial charge in [-0.05, 0) is 61.6 Å². The summed E-state index contributed by atoms with van der Waals surface area (Å²) in [7, 11) is -1.07. The molecule has 0 aliphatic heterocycles. The predicted molar refractivity (Wildman–Crippen MR) is 55.7 cm³/mol.